The summed E-state index contributed by atoms with van der Waals surface area (Å²) in [5.41, 5.74) is 6.24. The van der Waals surface area contributed by atoms with Gasteiger partial charge in [0.2, 0.25) is 0 Å². The molecule has 32 heavy (non-hydrogen) atoms. The molecule has 0 saturated heterocycles. The summed E-state index contributed by atoms with van der Waals surface area (Å²) in [6.45, 7) is 4.37. The Labute approximate surface area is 191 Å². The Morgan fingerprint density at radius 2 is 1.41 bits per heavy atom. The van der Waals surface area contributed by atoms with Crippen LogP contribution >= 0.6 is 0 Å². The number of aryl methyl sites for hydroxylation is 2. The van der Waals surface area contributed by atoms with Crippen LogP contribution in [0.2, 0.25) is 0 Å². The molecule has 0 N–H and O–H groups in total. The molecule has 0 aliphatic carbocycles. The molecule has 160 valence electrons. The zero-order valence-corrected chi connectivity index (χ0v) is 18.9. The van der Waals surface area contributed by atoms with Crippen LogP contribution in [0.4, 0.5) is 4.39 Å². The highest BCUT2D eigenvalue weighted by Crippen LogP contribution is 2.27. The summed E-state index contributed by atoms with van der Waals surface area (Å²) < 4.78 is 15.1. The lowest BCUT2D eigenvalue weighted by Crippen LogP contribution is -1.88. The van der Waals surface area contributed by atoms with Crippen LogP contribution in [0.5, 0.6) is 0 Å². The third-order valence-corrected chi connectivity index (χ3v) is 6.01. The molecule has 0 heterocycles. The van der Waals surface area contributed by atoms with Gasteiger partial charge in [-0.25, -0.2) is 4.39 Å². The fourth-order valence-corrected chi connectivity index (χ4v) is 3.97. The van der Waals surface area contributed by atoms with Gasteiger partial charge in [0.25, 0.3) is 0 Å². The third-order valence-electron chi connectivity index (χ3n) is 6.01. The van der Waals surface area contributed by atoms with Crippen molar-refractivity contribution in [1.82, 2.24) is 0 Å². The number of rotatable bonds is 6. The summed E-state index contributed by atoms with van der Waals surface area (Å²) in [5, 5.41) is 1.50. The Morgan fingerprint density at radius 3 is 2.12 bits per heavy atom. The Kier molecular flexibility index (Phi) is 7.03. The van der Waals surface area contributed by atoms with Crippen LogP contribution in [0.1, 0.15) is 55.4 Å². The van der Waals surface area contributed by atoms with Crippen molar-refractivity contribution in [2.75, 3.05) is 0 Å². The van der Waals surface area contributed by atoms with E-state index in [0.29, 0.717) is 10.9 Å². The predicted molar refractivity (Wildman–Crippen MR) is 134 cm³/mol. The first-order valence-electron chi connectivity index (χ1n) is 11.6. The number of halogens is 1. The summed E-state index contributed by atoms with van der Waals surface area (Å²) in [6.07, 6.45) is 5.83. The van der Waals surface area contributed by atoms with Crippen LogP contribution < -0.4 is 0 Å². The molecule has 0 nitrogen and oxygen atoms in total. The van der Waals surface area contributed by atoms with Crippen molar-refractivity contribution in [2.24, 2.45) is 0 Å². The molecule has 0 amide bonds. The number of unbranched alkanes of at least 4 members (excludes halogenated alkanes) is 2. The lowest BCUT2D eigenvalue weighted by atomic mass is 9.98. The molecule has 0 unspecified atom stereocenters. The van der Waals surface area contributed by atoms with Gasteiger partial charge in [-0.3, -0.25) is 0 Å². The predicted octanol–water partition coefficient (Wildman–Crippen LogP) is 8.34. The van der Waals surface area contributed by atoms with E-state index in [4.69, 9.17) is 0 Å². The average molecular weight is 421 g/mol. The minimum Gasteiger partial charge on any atom is -0.205 e. The molecule has 0 atom stereocenters. The monoisotopic (exact) mass is 420 g/mol. The molecule has 0 aliphatic heterocycles. The van der Waals surface area contributed by atoms with E-state index in [1.807, 2.05) is 36.4 Å². The number of hydrogen-bond donors (Lipinski definition) is 0. The number of benzene rings is 4. The maximum Gasteiger partial charge on any atom is 0.146 e. The largest absolute Gasteiger partial charge is 0.205 e. The molecule has 0 radical (unpaired) electrons. The van der Waals surface area contributed by atoms with Gasteiger partial charge in [-0.2, -0.15) is 0 Å². The normalized spacial score (nSPS) is 10.7. The van der Waals surface area contributed by atoms with Crippen LogP contribution in [0.3, 0.4) is 0 Å². The molecular weight excluding hydrogens is 391 g/mol. The highest BCUT2D eigenvalue weighted by Gasteiger charge is 2.07. The van der Waals surface area contributed by atoms with Gasteiger partial charge in [-0.1, -0.05) is 93.1 Å². The lowest BCUT2D eigenvalue weighted by molar-refractivity contribution is 0.636. The molecular formula is C31H29F. The first kappa shape index (κ1) is 21.8. The molecule has 0 saturated carbocycles. The second-order valence-electron chi connectivity index (χ2n) is 8.32. The van der Waals surface area contributed by atoms with Crippen molar-refractivity contribution in [3.8, 4) is 23.0 Å². The Morgan fingerprint density at radius 1 is 0.688 bits per heavy atom. The molecule has 0 fully saturated rings. The van der Waals surface area contributed by atoms with Crippen molar-refractivity contribution in [3.63, 3.8) is 0 Å². The molecule has 4 aromatic carbocycles. The highest BCUT2D eigenvalue weighted by molar-refractivity contribution is 5.89. The second-order valence-corrected chi connectivity index (χ2v) is 8.32. The molecule has 1 heteroatoms. The number of fused-ring (bicyclic) bond motifs is 1. The van der Waals surface area contributed by atoms with Gasteiger partial charge in [0.1, 0.15) is 5.82 Å². The van der Waals surface area contributed by atoms with Crippen molar-refractivity contribution in [3.05, 3.63) is 107 Å². The van der Waals surface area contributed by atoms with E-state index in [0.717, 1.165) is 34.9 Å². The topological polar surface area (TPSA) is 0 Å². The van der Waals surface area contributed by atoms with E-state index in [1.54, 1.807) is 6.07 Å². The quantitative estimate of drug-likeness (QED) is 0.217. The standard InChI is InChI=1S/C31H29F/c1-3-5-6-7-24-8-10-25(11-9-24)14-17-27-18-19-29-22-28(20-21-30(29)31(27)32)26-15-12-23(4-2)13-16-26/h8-13,15-16,18-22H,3-7H2,1-2H3. The van der Waals surface area contributed by atoms with Crippen molar-refractivity contribution in [1.29, 1.82) is 0 Å². The van der Waals surface area contributed by atoms with Crippen LogP contribution in [0.25, 0.3) is 21.9 Å². The van der Waals surface area contributed by atoms with E-state index in [-0.39, 0.29) is 5.82 Å². The first-order valence-corrected chi connectivity index (χ1v) is 11.6. The minimum atomic E-state index is -0.251. The second kappa shape index (κ2) is 10.3. The highest BCUT2D eigenvalue weighted by atomic mass is 19.1. The van der Waals surface area contributed by atoms with Gasteiger partial charge in [0.15, 0.2) is 0 Å². The summed E-state index contributed by atoms with van der Waals surface area (Å²) in [6, 6.07) is 26.5. The van der Waals surface area contributed by atoms with Crippen molar-refractivity contribution >= 4 is 10.8 Å². The maximum absolute atomic E-state index is 15.1. The molecule has 0 aromatic heterocycles. The van der Waals surface area contributed by atoms with Crippen molar-refractivity contribution < 1.29 is 4.39 Å². The fourth-order valence-electron chi connectivity index (χ4n) is 3.97. The van der Waals surface area contributed by atoms with Gasteiger partial charge in [-0.05, 0) is 71.2 Å². The minimum absolute atomic E-state index is 0.251. The summed E-state index contributed by atoms with van der Waals surface area (Å²) in [4.78, 5) is 0. The van der Waals surface area contributed by atoms with Gasteiger partial charge in [0.05, 0.1) is 5.56 Å². The van der Waals surface area contributed by atoms with Crippen molar-refractivity contribution in [2.45, 2.75) is 46.0 Å². The zero-order valence-electron chi connectivity index (χ0n) is 18.9. The van der Waals surface area contributed by atoms with E-state index in [2.05, 4.69) is 62.1 Å². The number of hydrogen-bond acceptors (Lipinski definition) is 0. The summed E-state index contributed by atoms with van der Waals surface area (Å²) >= 11 is 0. The maximum atomic E-state index is 15.1. The zero-order chi connectivity index (χ0) is 22.3. The smallest absolute Gasteiger partial charge is 0.146 e. The molecule has 0 spiro atoms. The summed E-state index contributed by atoms with van der Waals surface area (Å²) in [7, 11) is 0. The Hall–Kier alpha value is -3.37. The Bertz CT molecular complexity index is 1250. The average Bonchev–Trinajstić information content (AvgIpc) is 2.84. The van der Waals surface area contributed by atoms with Crippen LogP contribution in [0, 0.1) is 17.7 Å². The van der Waals surface area contributed by atoms with Gasteiger partial charge >= 0.3 is 0 Å². The molecule has 4 rings (SSSR count). The van der Waals surface area contributed by atoms with Gasteiger partial charge < -0.3 is 0 Å². The third kappa shape index (κ3) is 5.09. The SMILES string of the molecule is CCCCCc1ccc(C#Cc2ccc3cc(-c4ccc(CC)cc4)ccc3c2F)cc1. The fraction of sp³-hybridized carbons (Fsp3) is 0.226. The van der Waals surface area contributed by atoms with Crippen LogP contribution in [0.15, 0.2) is 78.9 Å². The van der Waals surface area contributed by atoms with E-state index < -0.39 is 0 Å². The molecule has 4 aromatic rings. The van der Waals surface area contributed by atoms with Crippen LogP contribution in [-0.2, 0) is 12.8 Å². The van der Waals surface area contributed by atoms with E-state index in [1.165, 1.54) is 30.4 Å². The lowest BCUT2D eigenvalue weighted by Gasteiger charge is -2.07. The first-order chi connectivity index (χ1) is 15.7. The van der Waals surface area contributed by atoms with Gasteiger partial charge in [0, 0.05) is 10.9 Å². The van der Waals surface area contributed by atoms with Gasteiger partial charge in [-0.15, -0.1) is 0 Å². The van der Waals surface area contributed by atoms with E-state index in [9.17, 15) is 0 Å². The van der Waals surface area contributed by atoms with Crippen LogP contribution in [-0.4, -0.2) is 0 Å². The summed E-state index contributed by atoms with van der Waals surface area (Å²) in [5.74, 6) is 5.90. The molecule has 0 bridgehead atoms. The molecule has 0 aliphatic rings. The van der Waals surface area contributed by atoms with E-state index >= 15 is 4.39 Å². The Balaban J connectivity index is 1.55.